The van der Waals surface area contributed by atoms with E-state index in [0.717, 1.165) is 27.4 Å². The van der Waals surface area contributed by atoms with Crippen molar-refractivity contribution in [1.82, 2.24) is 9.57 Å². The van der Waals surface area contributed by atoms with Gasteiger partial charge >= 0.3 is 12.8 Å². The van der Waals surface area contributed by atoms with Crippen molar-refractivity contribution in [2.75, 3.05) is 20.2 Å². The van der Waals surface area contributed by atoms with Crippen molar-refractivity contribution >= 4 is 30.0 Å². The summed E-state index contributed by atoms with van der Waals surface area (Å²) in [6, 6.07) is -0.549. The van der Waals surface area contributed by atoms with E-state index in [0.29, 0.717) is 0 Å². The molecule has 3 amide bonds. The molecule has 2 atom stereocenters. The van der Waals surface area contributed by atoms with Crippen molar-refractivity contribution in [2.24, 2.45) is 0 Å². The highest BCUT2D eigenvalue weighted by molar-refractivity contribution is 8.56. The average Bonchev–Trinajstić information content (AvgIpc) is 2.57. The summed E-state index contributed by atoms with van der Waals surface area (Å²) in [5.41, 5.74) is 0. The van der Waals surface area contributed by atoms with Crippen LogP contribution in [0.5, 0.6) is 0 Å². The zero-order chi connectivity index (χ0) is 13.9. The van der Waals surface area contributed by atoms with Gasteiger partial charge in [-0.25, -0.2) is 9.46 Å². The molecule has 0 saturated carbocycles. The SMILES string of the molecule is CCOP(=O)(SC(C)CC)N1CC(=O)N(C)C1=O. The molecule has 0 bridgehead atoms. The van der Waals surface area contributed by atoms with Crippen LogP contribution >= 0.6 is 18.1 Å². The molecule has 1 heterocycles. The van der Waals surface area contributed by atoms with Gasteiger partial charge < -0.3 is 4.52 Å². The van der Waals surface area contributed by atoms with Crippen LogP contribution in [0.25, 0.3) is 0 Å². The Bertz CT molecular complexity index is 390. The second-order valence-electron chi connectivity index (χ2n) is 4.00. The summed E-state index contributed by atoms with van der Waals surface area (Å²) in [4.78, 5) is 24.3. The molecule has 0 radical (unpaired) electrons. The predicted molar refractivity (Wildman–Crippen MR) is 71.4 cm³/mol. The van der Waals surface area contributed by atoms with Crippen molar-refractivity contribution in [2.45, 2.75) is 32.4 Å². The number of carbonyl (C=O) groups is 2. The molecular weight excluding hydrogens is 275 g/mol. The smallest absolute Gasteiger partial charge is 0.306 e. The summed E-state index contributed by atoms with van der Waals surface area (Å²) < 4.78 is 19.1. The van der Waals surface area contributed by atoms with Crippen LogP contribution in [0.2, 0.25) is 0 Å². The van der Waals surface area contributed by atoms with E-state index in [1.165, 1.54) is 7.05 Å². The van der Waals surface area contributed by atoms with Gasteiger partial charge in [0, 0.05) is 12.3 Å². The number of likely N-dealkylation sites (N-methyl/N-ethyl adjacent to an activating group) is 1. The van der Waals surface area contributed by atoms with Crippen LogP contribution < -0.4 is 0 Å². The lowest BCUT2D eigenvalue weighted by atomic mass is 10.4. The Morgan fingerprint density at radius 3 is 2.44 bits per heavy atom. The number of carbonyl (C=O) groups excluding carboxylic acids is 2. The molecule has 0 spiro atoms. The number of nitrogens with zero attached hydrogens (tertiary/aromatic N) is 2. The van der Waals surface area contributed by atoms with Crippen molar-refractivity contribution in [1.29, 1.82) is 0 Å². The second-order valence-corrected chi connectivity index (χ2v) is 8.71. The normalized spacial score (nSPS) is 21.3. The molecular formula is C10H19N2O4PS. The zero-order valence-electron chi connectivity index (χ0n) is 11.1. The quantitative estimate of drug-likeness (QED) is 0.556. The Morgan fingerprint density at radius 1 is 1.44 bits per heavy atom. The van der Waals surface area contributed by atoms with Crippen LogP contribution in [0.1, 0.15) is 27.2 Å². The van der Waals surface area contributed by atoms with E-state index in [1.807, 2.05) is 13.8 Å². The molecule has 1 aliphatic heterocycles. The molecule has 18 heavy (non-hydrogen) atoms. The zero-order valence-corrected chi connectivity index (χ0v) is 12.8. The van der Waals surface area contributed by atoms with E-state index in [-0.39, 0.29) is 24.3 Å². The maximum absolute atomic E-state index is 12.8. The number of rotatable bonds is 6. The molecule has 0 aromatic heterocycles. The van der Waals surface area contributed by atoms with Crippen LogP contribution in [0.3, 0.4) is 0 Å². The molecule has 1 aliphatic rings. The van der Waals surface area contributed by atoms with E-state index in [2.05, 4.69) is 0 Å². The highest BCUT2D eigenvalue weighted by Crippen LogP contribution is 2.65. The van der Waals surface area contributed by atoms with E-state index in [4.69, 9.17) is 4.52 Å². The third-order valence-corrected chi connectivity index (χ3v) is 7.88. The van der Waals surface area contributed by atoms with Gasteiger partial charge in [0.05, 0.1) is 6.61 Å². The maximum Gasteiger partial charge on any atom is 0.357 e. The molecule has 0 aliphatic carbocycles. The van der Waals surface area contributed by atoms with Gasteiger partial charge in [-0.3, -0.25) is 14.3 Å². The van der Waals surface area contributed by atoms with Crippen LogP contribution in [-0.4, -0.2) is 47.0 Å². The number of amides is 3. The van der Waals surface area contributed by atoms with Gasteiger partial charge in [-0.2, -0.15) is 0 Å². The standard InChI is InChI=1S/C10H19N2O4PS/c1-5-8(3)18-17(15,16-6-2)12-7-9(13)11(4)10(12)14/h8H,5-7H2,1-4H3. The summed E-state index contributed by atoms with van der Waals surface area (Å²) in [5, 5.41) is 0.0937. The fraction of sp³-hybridized carbons (Fsp3) is 0.800. The third-order valence-electron chi connectivity index (χ3n) is 2.64. The van der Waals surface area contributed by atoms with Crippen molar-refractivity contribution in [3.63, 3.8) is 0 Å². The van der Waals surface area contributed by atoms with E-state index < -0.39 is 12.8 Å². The summed E-state index contributed by atoms with van der Waals surface area (Å²) in [7, 11) is 1.38. The number of urea groups is 1. The molecule has 8 heteroatoms. The van der Waals surface area contributed by atoms with Gasteiger partial charge in [0.15, 0.2) is 0 Å². The molecule has 0 aromatic rings. The monoisotopic (exact) mass is 294 g/mol. The molecule has 1 saturated heterocycles. The van der Waals surface area contributed by atoms with Gasteiger partial charge in [-0.05, 0) is 24.7 Å². The van der Waals surface area contributed by atoms with Crippen LogP contribution in [0, 0.1) is 0 Å². The third kappa shape index (κ3) is 3.08. The fourth-order valence-corrected chi connectivity index (χ4v) is 6.31. The molecule has 0 N–H and O–H groups in total. The first-order chi connectivity index (χ1) is 8.35. The number of imide groups is 1. The van der Waals surface area contributed by atoms with Crippen molar-refractivity contribution in [3.8, 4) is 0 Å². The van der Waals surface area contributed by atoms with E-state index in [9.17, 15) is 14.2 Å². The average molecular weight is 294 g/mol. The Kier molecular flexibility index (Phi) is 5.25. The largest absolute Gasteiger partial charge is 0.357 e. The molecule has 2 unspecified atom stereocenters. The Labute approximate surface area is 111 Å². The minimum Gasteiger partial charge on any atom is -0.306 e. The number of hydrogen-bond acceptors (Lipinski definition) is 5. The van der Waals surface area contributed by atoms with Crippen LogP contribution in [-0.2, 0) is 13.9 Å². The first-order valence-electron chi connectivity index (χ1n) is 5.87. The van der Waals surface area contributed by atoms with Gasteiger partial charge in [0.1, 0.15) is 6.54 Å². The Balaban J connectivity index is 2.95. The first-order valence-corrected chi connectivity index (χ1v) is 8.93. The molecule has 1 rings (SSSR count). The van der Waals surface area contributed by atoms with E-state index in [1.54, 1.807) is 6.92 Å². The lowest BCUT2D eigenvalue weighted by molar-refractivity contribution is -0.124. The molecule has 104 valence electrons. The number of hydrogen-bond donors (Lipinski definition) is 0. The van der Waals surface area contributed by atoms with Crippen molar-refractivity contribution < 1.29 is 18.7 Å². The lowest BCUT2D eigenvalue weighted by Crippen LogP contribution is -2.28. The molecule has 1 fully saturated rings. The van der Waals surface area contributed by atoms with Gasteiger partial charge in [-0.1, -0.05) is 13.8 Å². The Hall–Kier alpha value is -0.520. The predicted octanol–water partition coefficient (Wildman–Crippen LogP) is 2.56. The highest BCUT2D eigenvalue weighted by Gasteiger charge is 2.46. The highest BCUT2D eigenvalue weighted by atomic mass is 32.7. The topological polar surface area (TPSA) is 66.9 Å². The Morgan fingerprint density at radius 2 is 2.06 bits per heavy atom. The summed E-state index contributed by atoms with van der Waals surface area (Å²) >= 11 is 1.14. The van der Waals surface area contributed by atoms with Crippen LogP contribution in [0.4, 0.5) is 4.79 Å². The minimum atomic E-state index is -3.33. The molecule has 0 aromatic carbocycles. The van der Waals surface area contributed by atoms with Gasteiger partial charge in [0.25, 0.3) is 5.91 Å². The summed E-state index contributed by atoms with van der Waals surface area (Å²) in [6.07, 6.45) is 0.813. The van der Waals surface area contributed by atoms with Gasteiger partial charge in [-0.15, -0.1) is 0 Å². The fourth-order valence-electron chi connectivity index (χ4n) is 1.40. The maximum atomic E-state index is 12.8. The second kappa shape index (κ2) is 6.08. The van der Waals surface area contributed by atoms with Gasteiger partial charge in [0.2, 0.25) is 0 Å². The van der Waals surface area contributed by atoms with Crippen molar-refractivity contribution in [3.05, 3.63) is 0 Å². The first kappa shape index (κ1) is 15.5. The van der Waals surface area contributed by atoms with E-state index >= 15 is 0 Å². The summed E-state index contributed by atoms with van der Waals surface area (Å²) in [6.45, 7) is 2.34. The molecule has 6 nitrogen and oxygen atoms in total. The van der Waals surface area contributed by atoms with Crippen LogP contribution in [0.15, 0.2) is 0 Å². The summed E-state index contributed by atoms with van der Waals surface area (Å²) in [5.74, 6) is -0.357. The minimum absolute atomic E-state index is 0.0937. The lowest BCUT2D eigenvalue weighted by Gasteiger charge is -2.27.